The van der Waals surface area contributed by atoms with Crippen LogP contribution >= 0.6 is 0 Å². The molecule has 304 valence electrons. The lowest BCUT2D eigenvalue weighted by molar-refractivity contribution is 0.670. The molecule has 0 aliphatic heterocycles. The van der Waals surface area contributed by atoms with Crippen molar-refractivity contribution in [1.29, 1.82) is 0 Å². The number of furan rings is 1. The van der Waals surface area contributed by atoms with Crippen molar-refractivity contribution in [1.82, 2.24) is 4.57 Å². The molecule has 0 saturated carbocycles. The summed E-state index contributed by atoms with van der Waals surface area (Å²) in [6, 6.07) is 87.7. The Labute approximate surface area is 376 Å². The second kappa shape index (κ2) is 15.0. The van der Waals surface area contributed by atoms with Gasteiger partial charge in [-0.3, -0.25) is 0 Å². The van der Waals surface area contributed by atoms with Crippen molar-refractivity contribution >= 4 is 82.4 Å². The summed E-state index contributed by atoms with van der Waals surface area (Å²) in [5, 5.41) is 9.57. The van der Waals surface area contributed by atoms with Gasteiger partial charge in [0.25, 0.3) is 0 Å². The molecular formula is C62H40N2O. The quantitative estimate of drug-likeness (QED) is 0.149. The highest BCUT2D eigenvalue weighted by Gasteiger charge is 2.23. The number of hydrogen-bond donors (Lipinski definition) is 0. The third-order valence-corrected chi connectivity index (χ3v) is 13.2. The molecule has 0 atom stereocenters. The number of hydrogen-bond acceptors (Lipinski definition) is 2. The Kier molecular flexibility index (Phi) is 8.53. The van der Waals surface area contributed by atoms with E-state index < -0.39 is 0 Å². The summed E-state index contributed by atoms with van der Waals surface area (Å²) in [6.07, 6.45) is 0. The maximum Gasteiger partial charge on any atom is 0.143 e. The molecule has 0 amide bonds. The normalized spacial score (nSPS) is 11.7. The third kappa shape index (κ3) is 5.97. The molecule has 0 fully saturated rings. The molecule has 65 heavy (non-hydrogen) atoms. The zero-order chi connectivity index (χ0) is 42.8. The molecule has 0 N–H and O–H groups in total. The van der Waals surface area contributed by atoms with Gasteiger partial charge < -0.3 is 13.9 Å². The first-order valence-corrected chi connectivity index (χ1v) is 22.3. The molecule has 0 radical (unpaired) electrons. The van der Waals surface area contributed by atoms with Gasteiger partial charge >= 0.3 is 0 Å². The Hall–Kier alpha value is -8.66. The lowest BCUT2D eigenvalue weighted by atomic mass is 9.96. The molecule has 0 aliphatic carbocycles. The van der Waals surface area contributed by atoms with Gasteiger partial charge in [-0.15, -0.1) is 0 Å². The Bertz CT molecular complexity index is 3910. The summed E-state index contributed by atoms with van der Waals surface area (Å²) in [7, 11) is 0. The minimum absolute atomic E-state index is 0.888. The molecule has 0 bridgehead atoms. The topological polar surface area (TPSA) is 21.3 Å². The highest BCUT2D eigenvalue weighted by Crippen LogP contribution is 2.47. The van der Waals surface area contributed by atoms with Crippen LogP contribution in [0.2, 0.25) is 0 Å². The zero-order valence-electron chi connectivity index (χ0n) is 35.4. The molecule has 3 heteroatoms. The van der Waals surface area contributed by atoms with E-state index in [0.29, 0.717) is 0 Å². The van der Waals surface area contributed by atoms with Crippen LogP contribution in [0.3, 0.4) is 0 Å². The van der Waals surface area contributed by atoms with Crippen LogP contribution in [0.5, 0.6) is 0 Å². The van der Waals surface area contributed by atoms with E-state index in [1.165, 1.54) is 54.5 Å². The van der Waals surface area contributed by atoms with Gasteiger partial charge in [0.05, 0.1) is 28.1 Å². The molecule has 0 spiro atoms. The van der Waals surface area contributed by atoms with Gasteiger partial charge in [0, 0.05) is 49.3 Å². The van der Waals surface area contributed by atoms with Crippen LogP contribution in [0.4, 0.5) is 17.1 Å². The lowest BCUT2D eigenvalue weighted by Gasteiger charge is -2.29. The fourth-order valence-corrected chi connectivity index (χ4v) is 10.2. The summed E-state index contributed by atoms with van der Waals surface area (Å²) < 4.78 is 9.08. The lowest BCUT2D eigenvalue weighted by Crippen LogP contribution is -2.12. The highest BCUT2D eigenvalue weighted by molar-refractivity contribution is 6.16. The van der Waals surface area contributed by atoms with Crippen molar-refractivity contribution in [2.24, 2.45) is 0 Å². The number of rotatable bonds is 7. The van der Waals surface area contributed by atoms with Crippen LogP contribution in [0.15, 0.2) is 247 Å². The molecular weight excluding hydrogens is 789 g/mol. The first-order valence-electron chi connectivity index (χ1n) is 22.3. The van der Waals surface area contributed by atoms with Crippen molar-refractivity contribution in [3.05, 3.63) is 243 Å². The van der Waals surface area contributed by atoms with E-state index in [0.717, 1.165) is 66.9 Å². The van der Waals surface area contributed by atoms with Crippen LogP contribution in [-0.2, 0) is 0 Å². The van der Waals surface area contributed by atoms with Gasteiger partial charge in [-0.25, -0.2) is 0 Å². The van der Waals surface area contributed by atoms with Crippen molar-refractivity contribution in [2.45, 2.75) is 0 Å². The highest BCUT2D eigenvalue weighted by atomic mass is 16.3. The van der Waals surface area contributed by atoms with Gasteiger partial charge in [-0.2, -0.15) is 0 Å². The minimum Gasteiger partial charge on any atom is -0.455 e. The number of anilines is 3. The van der Waals surface area contributed by atoms with Crippen LogP contribution < -0.4 is 4.90 Å². The van der Waals surface area contributed by atoms with Gasteiger partial charge in [0.15, 0.2) is 0 Å². The number of aromatic nitrogens is 1. The summed E-state index contributed by atoms with van der Waals surface area (Å²) >= 11 is 0. The number of nitrogens with zero attached hydrogens (tertiary/aromatic N) is 2. The van der Waals surface area contributed by atoms with E-state index in [4.69, 9.17) is 4.42 Å². The molecule has 13 aromatic rings. The summed E-state index contributed by atoms with van der Waals surface area (Å²) in [5.41, 5.74) is 15.4. The van der Waals surface area contributed by atoms with E-state index in [1.54, 1.807) is 0 Å². The van der Waals surface area contributed by atoms with Crippen molar-refractivity contribution in [3.63, 3.8) is 0 Å². The largest absolute Gasteiger partial charge is 0.455 e. The first-order chi connectivity index (χ1) is 32.3. The zero-order valence-corrected chi connectivity index (χ0v) is 35.4. The van der Waals surface area contributed by atoms with Crippen LogP contribution in [-0.4, -0.2) is 4.57 Å². The van der Waals surface area contributed by atoms with Crippen LogP contribution in [0, 0.1) is 0 Å². The minimum atomic E-state index is 0.888. The fourth-order valence-electron chi connectivity index (χ4n) is 10.2. The molecule has 2 aromatic heterocycles. The van der Waals surface area contributed by atoms with E-state index in [-0.39, 0.29) is 0 Å². The van der Waals surface area contributed by atoms with E-state index in [2.05, 4.69) is 246 Å². The van der Waals surface area contributed by atoms with Crippen molar-refractivity contribution in [3.8, 4) is 39.1 Å². The molecule has 0 unspecified atom stereocenters. The predicted octanol–water partition coefficient (Wildman–Crippen LogP) is 17.5. The van der Waals surface area contributed by atoms with E-state index >= 15 is 0 Å². The Balaban J connectivity index is 0.967. The molecule has 3 nitrogen and oxygen atoms in total. The Morgan fingerprint density at radius 1 is 0.323 bits per heavy atom. The van der Waals surface area contributed by atoms with Crippen LogP contribution in [0.1, 0.15) is 0 Å². The number of benzene rings is 11. The second-order valence-corrected chi connectivity index (χ2v) is 16.8. The van der Waals surface area contributed by atoms with Gasteiger partial charge in [-0.05, 0) is 87.4 Å². The average Bonchev–Trinajstić information content (AvgIpc) is 3.93. The van der Waals surface area contributed by atoms with Gasteiger partial charge in [0.2, 0.25) is 0 Å². The summed E-state index contributed by atoms with van der Waals surface area (Å²) in [5.74, 6) is 0. The van der Waals surface area contributed by atoms with Crippen molar-refractivity contribution in [2.75, 3.05) is 4.90 Å². The van der Waals surface area contributed by atoms with E-state index in [1.807, 2.05) is 6.07 Å². The summed E-state index contributed by atoms with van der Waals surface area (Å²) in [6.45, 7) is 0. The molecule has 0 saturated heterocycles. The number of fused-ring (bicyclic) bond motifs is 9. The fraction of sp³-hybridized carbons (Fsp3) is 0. The Morgan fingerprint density at radius 2 is 0.892 bits per heavy atom. The molecule has 2 heterocycles. The average molecular weight is 829 g/mol. The van der Waals surface area contributed by atoms with Gasteiger partial charge in [-0.1, -0.05) is 188 Å². The maximum atomic E-state index is 6.66. The molecule has 11 aromatic carbocycles. The van der Waals surface area contributed by atoms with Gasteiger partial charge in [0.1, 0.15) is 11.2 Å². The molecule has 13 rings (SSSR count). The first kappa shape index (κ1) is 36.9. The van der Waals surface area contributed by atoms with E-state index in [9.17, 15) is 0 Å². The SMILES string of the molecule is c1cc(-c2ccc(N(c3ccccc3-c3cccc4c3oc3ccccc34)c3cc4ccccc4c4ccccc34)cc2)cc(-c2ccccc2-n2c3ccccc3c3ccccc32)c1. The Morgan fingerprint density at radius 3 is 1.69 bits per heavy atom. The smallest absolute Gasteiger partial charge is 0.143 e. The maximum absolute atomic E-state index is 6.66. The standard InChI is InChI=1S/C62H40N2O/c1-2-20-46-44(17-1)40-60(49-23-4-3-22-48(46)49)63(57-31-11-8-26-52(57)54-28-16-29-55-53-27-9-14-34-61(53)65-62(54)55)45-37-35-41(36-38-45)42-18-15-19-43(39-42)47-21-5-10-30-56(47)64-58-32-12-6-24-50(58)51-25-7-13-33-59(51)64/h1-40H. The summed E-state index contributed by atoms with van der Waals surface area (Å²) in [4.78, 5) is 2.44. The monoisotopic (exact) mass is 828 g/mol. The second-order valence-electron chi connectivity index (χ2n) is 16.8. The van der Waals surface area contributed by atoms with Crippen LogP contribution in [0.25, 0.3) is 104 Å². The molecule has 0 aliphatic rings. The van der Waals surface area contributed by atoms with Crippen molar-refractivity contribution < 1.29 is 4.42 Å². The predicted molar refractivity (Wildman–Crippen MR) is 274 cm³/mol. The third-order valence-electron chi connectivity index (χ3n) is 13.2. The number of para-hydroxylation sites is 6.